The third-order valence-electron chi connectivity index (χ3n) is 6.66. The van der Waals surface area contributed by atoms with E-state index in [4.69, 9.17) is 4.74 Å². The Labute approximate surface area is 198 Å². The van der Waals surface area contributed by atoms with Crippen molar-refractivity contribution in [2.24, 2.45) is 0 Å². The van der Waals surface area contributed by atoms with Crippen molar-refractivity contribution in [3.8, 4) is 5.75 Å². The van der Waals surface area contributed by atoms with E-state index < -0.39 is 6.04 Å². The third-order valence-corrected chi connectivity index (χ3v) is 6.66. The Balaban J connectivity index is 1.70. The molecule has 0 saturated heterocycles. The minimum atomic E-state index is -0.534. The fourth-order valence-corrected chi connectivity index (χ4v) is 4.46. The van der Waals surface area contributed by atoms with Crippen LogP contribution in [0.4, 0.5) is 0 Å². The molecule has 33 heavy (non-hydrogen) atoms. The van der Waals surface area contributed by atoms with E-state index >= 15 is 0 Å². The molecule has 0 unspecified atom stereocenters. The van der Waals surface area contributed by atoms with Gasteiger partial charge in [0.2, 0.25) is 11.8 Å². The lowest BCUT2D eigenvalue weighted by molar-refractivity contribution is -0.141. The van der Waals surface area contributed by atoms with Gasteiger partial charge >= 0.3 is 0 Å². The Morgan fingerprint density at radius 2 is 1.73 bits per heavy atom. The normalized spacial score (nSPS) is 15.0. The first-order chi connectivity index (χ1) is 16.0. The zero-order chi connectivity index (χ0) is 23.6. The Morgan fingerprint density at radius 3 is 2.39 bits per heavy atom. The summed E-state index contributed by atoms with van der Waals surface area (Å²) in [6.07, 6.45) is 7.63. The minimum absolute atomic E-state index is 0.0105. The van der Waals surface area contributed by atoms with Crippen LogP contribution in [0.2, 0.25) is 0 Å². The lowest BCUT2D eigenvalue weighted by atomic mass is 9.95. The van der Waals surface area contributed by atoms with Crippen LogP contribution in [0, 0.1) is 0 Å². The molecule has 1 aliphatic carbocycles. The Kier molecular flexibility index (Phi) is 9.35. The Bertz CT molecular complexity index is 904. The van der Waals surface area contributed by atoms with Crippen LogP contribution < -0.4 is 10.1 Å². The second-order valence-electron chi connectivity index (χ2n) is 9.06. The van der Waals surface area contributed by atoms with Crippen molar-refractivity contribution in [2.45, 2.75) is 83.8 Å². The first-order valence-corrected chi connectivity index (χ1v) is 12.3. The quantitative estimate of drug-likeness (QED) is 0.551. The summed E-state index contributed by atoms with van der Waals surface area (Å²) in [5.74, 6) is 0.671. The molecule has 3 rings (SSSR count). The first-order valence-electron chi connectivity index (χ1n) is 12.3. The molecule has 1 fully saturated rings. The molecular formula is C28H38N2O3. The van der Waals surface area contributed by atoms with Crippen molar-refractivity contribution in [3.63, 3.8) is 0 Å². The predicted octanol–water partition coefficient (Wildman–Crippen LogP) is 5.06. The lowest BCUT2D eigenvalue weighted by Gasteiger charge is -2.31. The smallest absolute Gasteiger partial charge is 0.242 e. The largest absolute Gasteiger partial charge is 0.497 e. The van der Waals surface area contributed by atoms with E-state index in [1.165, 1.54) is 12.0 Å². The van der Waals surface area contributed by atoms with Crippen LogP contribution in [-0.2, 0) is 29.0 Å². The van der Waals surface area contributed by atoms with E-state index in [1.807, 2.05) is 31.2 Å². The van der Waals surface area contributed by atoms with Gasteiger partial charge in [0.25, 0.3) is 0 Å². The molecule has 1 aliphatic rings. The highest BCUT2D eigenvalue weighted by Gasteiger charge is 2.28. The summed E-state index contributed by atoms with van der Waals surface area (Å²) in [5.41, 5.74) is 3.38. The number of hydrogen-bond donors (Lipinski definition) is 1. The molecule has 2 aromatic rings. The standard InChI is InChI=1S/C28H38N2O3/c1-4-22-13-15-23(16-14-22)17-18-27(31)30(20-24-9-8-12-26(19-24)33-3)21(2)28(32)29-25-10-6-5-7-11-25/h8-9,12-16,19,21,25H,4-7,10-11,17-18,20H2,1-3H3,(H,29,32)/t21-/m0/s1. The molecule has 2 amide bonds. The van der Waals surface area contributed by atoms with Gasteiger partial charge in [-0.3, -0.25) is 9.59 Å². The monoisotopic (exact) mass is 450 g/mol. The zero-order valence-corrected chi connectivity index (χ0v) is 20.3. The van der Waals surface area contributed by atoms with E-state index in [9.17, 15) is 9.59 Å². The minimum Gasteiger partial charge on any atom is -0.497 e. The zero-order valence-electron chi connectivity index (χ0n) is 20.3. The maximum Gasteiger partial charge on any atom is 0.242 e. The van der Waals surface area contributed by atoms with E-state index in [2.05, 4.69) is 36.5 Å². The molecule has 0 heterocycles. The number of nitrogens with one attached hydrogen (secondary N) is 1. The van der Waals surface area contributed by atoms with Gasteiger partial charge in [-0.2, -0.15) is 0 Å². The molecule has 1 atom stereocenters. The van der Waals surface area contributed by atoms with Gasteiger partial charge in [-0.25, -0.2) is 0 Å². The SMILES string of the molecule is CCc1ccc(CCC(=O)N(Cc2cccc(OC)c2)[C@@H](C)C(=O)NC2CCCCC2)cc1. The summed E-state index contributed by atoms with van der Waals surface area (Å²) in [4.78, 5) is 28.2. The van der Waals surface area contributed by atoms with E-state index in [0.717, 1.165) is 49.0 Å². The van der Waals surface area contributed by atoms with Crippen molar-refractivity contribution >= 4 is 11.8 Å². The highest BCUT2D eigenvalue weighted by molar-refractivity contribution is 5.87. The summed E-state index contributed by atoms with van der Waals surface area (Å²) in [6, 6.07) is 15.8. The van der Waals surface area contributed by atoms with Crippen LogP contribution in [0.25, 0.3) is 0 Å². The van der Waals surface area contributed by atoms with Crippen LogP contribution in [0.5, 0.6) is 5.75 Å². The van der Waals surface area contributed by atoms with Gasteiger partial charge in [0.05, 0.1) is 7.11 Å². The number of ether oxygens (including phenoxy) is 1. The van der Waals surface area contributed by atoms with Gasteiger partial charge in [0.1, 0.15) is 11.8 Å². The van der Waals surface area contributed by atoms with Gasteiger partial charge in [-0.15, -0.1) is 0 Å². The van der Waals surface area contributed by atoms with Crippen LogP contribution in [-0.4, -0.2) is 35.9 Å². The summed E-state index contributed by atoms with van der Waals surface area (Å²) in [5, 5.41) is 3.19. The summed E-state index contributed by atoms with van der Waals surface area (Å²) in [7, 11) is 1.63. The maximum atomic E-state index is 13.4. The Hall–Kier alpha value is -2.82. The van der Waals surface area contributed by atoms with E-state index in [0.29, 0.717) is 19.4 Å². The van der Waals surface area contributed by atoms with Gasteiger partial charge in [-0.05, 0) is 61.4 Å². The molecule has 1 N–H and O–H groups in total. The molecule has 0 aromatic heterocycles. The number of aryl methyl sites for hydroxylation is 2. The van der Waals surface area contributed by atoms with Gasteiger partial charge < -0.3 is 15.0 Å². The van der Waals surface area contributed by atoms with Crippen molar-refractivity contribution in [3.05, 3.63) is 65.2 Å². The highest BCUT2D eigenvalue weighted by Crippen LogP contribution is 2.20. The second kappa shape index (κ2) is 12.4. The molecular weight excluding hydrogens is 412 g/mol. The molecule has 5 heteroatoms. The lowest BCUT2D eigenvalue weighted by Crippen LogP contribution is -2.50. The molecule has 1 saturated carbocycles. The summed E-state index contributed by atoms with van der Waals surface area (Å²) >= 11 is 0. The molecule has 2 aromatic carbocycles. The molecule has 178 valence electrons. The average Bonchev–Trinajstić information content (AvgIpc) is 2.86. The molecule has 0 bridgehead atoms. The number of carbonyl (C=O) groups excluding carboxylic acids is 2. The topological polar surface area (TPSA) is 58.6 Å². The fourth-order valence-electron chi connectivity index (χ4n) is 4.46. The van der Waals surface area contributed by atoms with Crippen molar-refractivity contribution < 1.29 is 14.3 Å². The van der Waals surface area contributed by atoms with Crippen molar-refractivity contribution in [1.82, 2.24) is 10.2 Å². The molecule has 0 aliphatic heterocycles. The number of hydrogen-bond acceptors (Lipinski definition) is 3. The average molecular weight is 451 g/mol. The van der Waals surface area contributed by atoms with Crippen LogP contribution in [0.15, 0.2) is 48.5 Å². The van der Waals surface area contributed by atoms with Gasteiger partial charge in [0, 0.05) is 19.0 Å². The highest BCUT2D eigenvalue weighted by atomic mass is 16.5. The van der Waals surface area contributed by atoms with Crippen LogP contribution in [0.1, 0.15) is 69.1 Å². The molecule has 5 nitrogen and oxygen atoms in total. The molecule has 0 spiro atoms. The van der Waals surface area contributed by atoms with E-state index in [1.54, 1.807) is 12.0 Å². The number of amides is 2. The number of benzene rings is 2. The van der Waals surface area contributed by atoms with Gasteiger partial charge in [0.15, 0.2) is 0 Å². The first kappa shape index (κ1) is 24.8. The number of carbonyl (C=O) groups is 2. The number of rotatable bonds is 10. The summed E-state index contributed by atoms with van der Waals surface area (Å²) in [6.45, 7) is 4.35. The second-order valence-corrected chi connectivity index (χ2v) is 9.06. The van der Waals surface area contributed by atoms with Crippen molar-refractivity contribution in [2.75, 3.05) is 7.11 Å². The van der Waals surface area contributed by atoms with Crippen molar-refractivity contribution in [1.29, 1.82) is 0 Å². The molecule has 0 radical (unpaired) electrons. The summed E-state index contributed by atoms with van der Waals surface area (Å²) < 4.78 is 5.35. The van der Waals surface area contributed by atoms with E-state index in [-0.39, 0.29) is 17.9 Å². The predicted molar refractivity (Wildman–Crippen MR) is 132 cm³/mol. The Morgan fingerprint density at radius 1 is 1.03 bits per heavy atom. The van der Waals surface area contributed by atoms with Gasteiger partial charge in [-0.1, -0.05) is 62.6 Å². The number of nitrogens with zero attached hydrogens (tertiary/aromatic N) is 1. The third kappa shape index (κ3) is 7.34. The van der Waals surface area contributed by atoms with Crippen LogP contribution >= 0.6 is 0 Å². The maximum absolute atomic E-state index is 13.4. The number of methoxy groups -OCH3 is 1. The van der Waals surface area contributed by atoms with Crippen LogP contribution in [0.3, 0.4) is 0 Å². The fraction of sp³-hybridized carbons (Fsp3) is 0.500.